The maximum atomic E-state index is 13.7. The number of halogens is 1. The van der Waals surface area contributed by atoms with E-state index in [1.54, 1.807) is 7.11 Å². The summed E-state index contributed by atoms with van der Waals surface area (Å²) < 4.78 is 24.8. The lowest BCUT2D eigenvalue weighted by molar-refractivity contribution is 0.0181. The van der Waals surface area contributed by atoms with Crippen LogP contribution < -0.4 is 10.1 Å². The Morgan fingerprint density at radius 2 is 2.20 bits per heavy atom. The van der Waals surface area contributed by atoms with Gasteiger partial charge < -0.3 is 14.8 Å². The van der Waals surface area contributed by atoms with Crippen LogP contribution in [-0.2, 0) is 4.74 Å². The lowest BCUT2D eigenvalue weighted by Gasteiger charge is -2.28. The van der Waals surface area contributed by atoms with Gasteiger partial charge in [-0.05, 0) is 25.7 Å². The molecular formula is C14H22FN3O2. The standard InChI is InChI=1S/C14H22FN3O2/c1-3-7-16-14-17-9-12(15)13(18-14)20-11-6-4-5-10(8-11)19-2/h9-11H,3-8H2,1-2H3,(H,16,17,18). The molecule has 1 aliphatic rings. The topological polar surface area (TPSA) is 56.3 Å². The Kier molecular flexibility index (Phi) is 5.52. The van der Waals surface area contributed by atoms with Crippen LogP contribution in [0.5, 0.6) is 5.88 Å². The Bertz CT molecular complexity index is 431. The van der Waals surface area contributed by atoms with Crippen LogP contribution >= 0.6 is 0 Å². The fraction of sp³-hybridized carbons (Fsp3) is 0.714. The van der Waals surface area contributed by atoms with Gasteiger partial charge in [-0.15, -0.1) is 0 Å². The number of aromatic nitrogens is 2. The second-order valence-electron chi connectivity index (χ2n) is 5.04. The van der Waals surface area contributed by atoms with Gasteiger partial charge in [-0.25, -0.2) is 4.98 Å². The van der Waals surface area contributed by atoms with E-state index in [1.807, 2.05) is 6.92 Å². The molecule has 0 bridgehead atoms. The second kappa shape index (κ2) is 7.38. The molecule has 0 radical (unpaired) electrons. The number of nitrogens with zero attached hydrogens (tertiary/aromatic N) is 2. The maximum Gasteiger partial charge on any atom is 0.255 e. The first-order chi connectivity index (χ1) is 9.72. The third-order valence-electron chi connectivity index (χ3n) is 3.43. The largest absolute Gasteiger partial charge is 0.472 e. The molecule has 6 heteroatoms. The van der Waals surface area contributed by atoms with E-state index in [1.165, 1.54) is 0 Å². The summed E-state index contributed by atoms with van der Waals surface area (Å²) in [5, 5.41) is 3.03. The third-order valence-corrected chi connectivity index (χ3v) is 3.43. The van der Waals surface area contributed by atoms with Gasteiger partial charge in [-0.1, -0.05) is 6.92 Å². The smallest absolute Gasteiger partial charge is 0.255 e. The summed E-state index contributed by atoms with van der Waals surface area (Å²) in [4.78, 5) is 7.99. The first-order valence-corrected chi connectivity index (χ1v) is 7.18. The molecule has 112 valence electrons. The summed E-state index contributed by atoms with van der Waals surface area (Å²) in [6.07, 6.45) is 5.99. The molecule has 0 spiro atoms. The summed E-state index contributed by atoms with van der Waals surface area (Å²) in [5.41, 5.74) is 0. The van der Waals surface area contributed by atoms with E-state index >= 15 is 0 Å². The van der Waals surface area contributed by atoms with Crippen molar-refractivity contribution in [2.24, 2.45) is 0 Å². The van der Waals surface area contributed by atoms with Crippen LogP contribution in [0.2, 0.25) is 0 Å². The lowest BCUT2D eigenvalue weighted by Crippen LogP contribution is -2.30. The van der Waals surface area contributed by atoms with Crippen molar-refractivity contribution in [3.63, 3.8) is 0 Å². The Morgan fingerprint density at radius 3 is 2.95 bits per heavy atom. The minimum absolute atomic E-state index is 0.0281. The fourth-order valence-corrected chi connectivity index (χ4v) is 2.34. The summed E-state index contributed by atoms with van der Waals surface area (Å²) in [6, 6.07) is 0. The van der Waals surface area contributed by atoms with Crippen molar-refractivity contribution in [1.82, 2.24) is 9.97 Å². The number of methoxy groups -OCH3 is 1. The van der Waals surface area contributed by atoms with Crippen molar-refractivity contribution < 1.29 is 13.9 Å². The molecule has 1 aromatic rings. The Morgan fingerprint density at radius 1 is 1.40 bits per heavy atom. The molecule has 0 aliphatic heterocycles. The van der Waals surface area contributed by atoms with Gasteiger partial charge in [-0.2, -0.15) is 9.37 Å². The van der Waals surface area contributed by atoms with E-state index in [0.29, 0.717) is 5.95 Å². The number of ether oxygens (including phenoxy) is 2. The van der Waals surface area contributed by atoms with Gasteiger partial charge in [0.1, 0.15) is 6.10 Å². The van der Waals surface area contributed by atoms with Crippen LogP contribution in [0.15, 0.2) is 6.20 Å². The molecule has 1 saturated carbocycles. The lowest BCUT2D eigenvalue weighted by atomic mass is 9.95. The van der Waals surface area contributed by atoms with Gasteiger partial charge >= 0.3 is 0 Å². The van der Waals surface area contributed by atoms with Gasteiger partial charge in [0.2, 0.25) is 11.8 Å². The molecule has 1 fully saturated rings. The molecule has 5 nitrogen and oxygen atoms in total. The van der Waals surface area contributed by atoms with Gasteiger partial charge in [0.15, 0.2) is 0 Å². The Balaban J connectivity index is 2.00. The molecule has 0 amide bonds. The molecule has 2 unspecified atom stereocenters. The average molecular weight is 283 g/mol. The third kappa shape index (κ3) is 4.03. The first kappa shape index (κ1) is 15.0. The van der Waals surface area contributed by atoms with E-state index in [4.69, 9.17) is 9.47 Å². The van der Waals surface area contributed by atoms with Crippen LogP contribution in [0.3, 0.4) is 0 Å². The summed E-state index contributed by atoms with van der Waals surface area (Å²) in [6.45, 7) is 2.79. The highest BCUT2D eigenvalue weighted by Crippen LogP contribution is 2.25. The van der Waals surface area contributed by atoms with Crippen molar-refractivity contribution in [2.75, 3.05) is 19.0 Å². The van der Waals surface area contributed by atoms with Crippen molar-refractivity contribution in [1.29, 1.82) is 0 Å². The predicted molar refractivity (Wildman–Crippen MR) is 74.5 cm³/mol. The van der Waals surface area contributed by atoms with Gasteiger partial charge in [0, 0.05) is 20.1 Å². The number of hydrogen-bond donors (Lipinski definition) is 1. The minimum Gasteiger partial charge on any atom is -0.472 e. The summed E-state index contributed by atoms with van der Waals surface area (Å²) in [7, 11) is 1.70. The zero-order valence-electron chi connectivity index (χ0n) is 12.1. The van der Waals surface area contributed by atoms with E-state index in [9.17, 15) is 4.39 Å². The summed E-state index contributed by atoms with van der Waals surface area (Å²) >= 11 is 0. The molecular weight excluding hydrogens is 261 g/mol. The van der Waals surface area contributed by atoms with E-state index in [2.05, 4.69) is 15.3 Å². The molecule has 2 atom stereocenters. The van der Waals surface area contributed by atoms with E-state index in [0.717, 1.165) is 44.8 Å². The fourth-order valence-electron chi connectivity index (χ4n) is 2.34. The van der Waals surface area contributed by atoms with Crippen LogP contribution in [-0.4, -0.2) is 35.8 Å². The highest BCUT2D eigenvalue weighted by Gasteiger charge is 2.24. The highest BCUT2D eigenvalue weighted by atomic mass is 19.1. The molecule has 1 heterocycles. The quantitative estimate of drug-likeness (QED) is 0.870. The van der Waals surface area contributed by atoms with Crippen LogP contribution in [0.25, 0.3) is 0 Å². The van der Waals surface area contributed by atoms with E-state index < -0.39 is 5.82 Å². The van der Waals surface area contributed by atoms with Crippen molar-refractivity contribution in [3.05, 3.63) is 12.0 Å². The number of rotatable bonds is 6. The number of nitrogens with one attached hydrogen (secondary N) is 1. The van der Waals surface area contributed by atoms with Crippen molar-refractivity contribution >= 4 is 5.95 Å². The van der Waals surface area contributed by atoms with Crippen LogP contribution in [0, 0.1) is 5.82 Å². The number of anilines is 1. The highest BCUT2D eigenvalue weighted by molar-refractivity contribution is 5.28. The van der Waals surface area contributed by atoms with Crippen LogP contribution in [0.4, 0.5) is 10.3 Å². The van der Waals surface area contributed by atoms with Crippen molar-refractivity contribution in [3.8, 4) is 5.88 Å². The Hall–Kier alpha value is -1.43. The summed E-state index contributed by atoms with van der Waals surface area (Å²) in [5.74, 6) is -0.0886. The second-order valence-corrected chi connectivity index (χ2v) is 5.04. The SMILES string of the molecule is CCCNc1ncc(F)c(OC2CCCC(OC)C2)n1. The average Bonchev–Trinajstić information content (AvgIpc) is 2.48. The first-order valence-electron chi connectivity index (χ1n) is 7.18. The minimum atomic E-state index is -0.522. The van der Waals surface area contributed by atoms with Crippen molar-refractivity contribution in [2.45, 2.75) is 51.2 Å². The molecule has 20 heavy (non-hydrogen) atoms. The maximum absolute atomic E-state index is 13.7. The van der Waals surface area contributed by atoms with Gasteiger partial charge in [-0.3, -0.25) is 0 Å². The van der Waals surface area contributed by atoms with Gasteiger partial charge in [0.05, 0.1) is 12.3 Å². The normalized spacial score (nSPS) is 22.6. The zero-order valence-corrected chi connectivity index (χ0v) is 12.1. The molecule has 1 aliphatic carbocycles. The predicted octanol–water partition coefficient (Wildman–Crippen LogP) is 2.77. The van der Waals surface area contributed by atoms with E-state index in [-0.39, 0.29) is 18.1 Å². The molecule has 2 rings (SSSR count). The Labute approximate surface area is 118 Å². The number of hydrogen-bond acceptors (Lipinski definition) is 5. The molecule has 0 aromatic carbocycles. The van der Waals surface area contributed by atoms with Gasteiger partial charge in [0.25, 0.3) is 5.88 Å². The molecule has 0 saturated heterocycles. The monoisotopic (exact) mass is 283 g/mol. The molecule has 1 aromatic heterocycles. The van der Waals surface area contributed by atoms with Crippen LogP contribution in [0.1, 0.15) is 39.0 Å². The zero-order chi connectivity index (χ0) is 14.4. The molecule has 1 N–H and O–H groups in total.